The van der Waals surface area contributed by atoms with E-state index in [9.17, 15) is 13.6 Å². The first-order valence-electron chi connectivity index (χ1n) is 7.19. The molecule has 0 spiro atoms. The number of alkyl halides is 2. The second kappa shape index (κ2) is 6.52. The fraction of sp³-hybridized carbons (Fsp3) is 0.562. The molecule has 1 aliphatic carbocycles. The first-order valence-corrected chi connectivity index (χ1v) is 7.19. The van der Waals surface area contributed by atoms with Crippen LogP contribution in [0.2, 0.25) is 0 Å². The van der Waals surface area contributed by atoms with Crippen LogP contribution in [0.15, 0.2) is 18.2 Å². The topological polar surface area (TPSA) is 38.3 Å². The summed E-state index contributed by atoms with van der Waals surface area (Å²) in [7, 11) is 1.37. The van der Waals surface area contributed by atoms with Crippen LogP contribution in [0.1, 0.15) is 36.5 Å². The summed E-state index contributed by atoms with van der Waals surface area (Å²) in [5.74, 6) is -2.85. The number of esters is 1. The zero-order valence-corrected chi connectivity index (χ0v) is 12.4. The first-order chi connectivity index (χ1) is 9.91. The molecule has 1 aliphatic rings. The van der Waals surface area contributed by atoms with Gasteiger partial charge in [0.1, 0.15) is 0 Å². The van der Waals surface area contributed by atoms with Crippen molar-refractivity contribution in [2.75, 3.05) is 7.11 Å². The summed E-state index contributed by atoms with van der Waals surface area (Å²) in [6.45, 7) is 2.52. The third kappa shape index (κ3) is 4.24. The molecule has 0 fully saturated rings. The quantitative estimate of drug-likeness (QED) is 0.821. The molecule has 116 valence electrons. The van der Waals surface area contributed by atoms with Crippen molar-refractivity contribution in [3.05, 3.63) is 34.9 Å². The van der Waals surface area contributed by atoms with Gasteiger partial charge in [0, 0.05) is 31.8 Å². The van der Waals surface area contributed by atoms with Gasteiger partial charge < -0.3 is 10.1 Å². The Labute approximate surface area is 123 Å². The third-order valence-corrected chi connectivity index (χ3v) is 3.90. The number of fused-ring (bicyclic) bond motifs is 1. The molecule has 1 aromatic carbocycles. The van der Waals surface area contributed by atoms with Gasteiger partial charge in [-0.1, -0.05) is 18.2 Å². The summed E-state index contributed by atoms with van der Waals surface area (Å²) < 4.78 is 31.6. The fourth-order valence-electron chi connectivity index (χ4n) is 2.67. The molecular formula is C16H21F2NO2. The standard InChI is InChI=1S/C16H21F2NO2/c1-11(6-7-15(20)21-2)19-10-13-5-3-4-12-8-16(17,18)9-14(12)13/h3-5,11,19H,6-10H2,1-2H3. The minimum atomic E-state index is -2.62. The van der Waals surface area contributed by atoms with Crippen LogP contribution < -0.4 is 5.32 Å². The average Bonchev–Trinajstić information content (AvgIpc) is 2.76. The number of carbonyl (C=O) groups is 1. The van der Waals surface area contributed by atoms with Gasteiger partial charge in [-0.05, 0) is 30.0 Å². The van der Waals surface area contributed by atoms with Gasteiger partial charge in [0.15, 0.2) is 0 Å². The number of carbonyl (C=O) groups excluding carboxylic acids is 1. The molecule has 1 N–H and O–H groups in total. The number of methoxy groups -OCH3 is 1. The smallest absolute Gasteiger partial charge is 0.305 e. The zero-order chi connectivity index (χ0) is 15.5. The number of benzene rings is 1. The Morgan fingerprint density at radius 1 is 1.43 bits per heavy atom. The van der Waals surface area contributed by atoms with Crippen LogP contribution >= 0.6 is 0 Å². The largest absolute Gasteiger partial charge is 0.469 e. The average molecular weight is 297 g/mol. The number of rotatable bonds is 6. The van der Waals surface area contributed by atoms with Crippen molar-refractivity contribution in [1.29, 1.82) is 0 Å². The SMILES string of the molecule is COC(=O)CCC(C)NCc1cccc2c1CC(F)(F)C2. The molecule has 1 unspecified atom stereocenters. The minimum absolute atomic E-state index is 0.127. The van der Waals surface area contributed by atoms with Crippen LogP contribution in [-0.4, -0.2) is 25.0 Å². The Morgan fingerprint density at radius 2 is 2.19 bits per heavy atom. The molecule has 1 atom stereocenters. The van der Waals surface area contributed by atoms with E-state index >= 15 is 0 Å². The van der Waals surface area contributed by atoms with Crippen LogP contribution in [0.3, 0.4) is 0 Å². The van der Waals surface area contributed by atoms with Crippen molar-refractivity contribution in [3.8, 4) is 0 Å². The highest BCUT2D eigenvalue weighted by molar-refractivity contribution is 5.69. The van der Waals surface area contributed by atoms with Crippen LogP contribution in [0.25, 0.3) is 0 Å². The van der Waals surface area contributed by atoms with E-state index in [-0.39, 0.29) is 24.9 Å². The number of halogens is 2. The second-order valence-electron chi connectivity index (χ2n) is 5.66. The van der Waals surface area contributed by atoms with E-state index in [1.165, 1.54) is 7.11 Å². The van der Waals surface area contributed by atoms with Crippen molar-refractivity contribution >= 4 is 5.97 Å². The number of nitrogens with one attached hydrogen (secondary N) is 1. The van der Waals surface area contributed by atoms with Gasteiger partial charge in [0.05, 0.1) is 7.11 Å². The molecular weight excluding hydrogens is 276 g/mol. The molecule has 0 saturated carbocycles. The lowest BCUT2D eigenvalue weighted by Gasteiger charge is -2.15. The molecule has 2 rings (SSSR count). The number of hydrogen-bond acceptors (Lipinski definition) is 3. The highest BCUT2D eigenvalue weighted by Gasteiger charge is 2.38. The molecule has 0 aromatic heterocycles. The maximum atomic E-state index is 13.5. The van der Waals surface area contributed by atoms with Crippen molar-refractivity contribution in [1.82, 2.24) is 5.32 Å². The molecule has 21 heavy (non-hydrogen) atoms. The summed E-state index contributed by atoms with van der Waals surface area (Å²) in [5, 5.41) is 3.28. The normalized spacial score (nSPS) is 17.3. The third-order valence-electron chi connectivity index (χ3n) is 3.90. The lowest BCUT2D eigenvalue weighted by Crippen LogP contribution is -2.27. The molecule has 0 radical (unpaired) electrons. The number of ether oxygens (including phenoxy) is 1. The minimum Gasteiger partial charge on any atom is -0.469 e. The van der Waals surface area contributed by atoms with E-state index < -0.39 is 5.92 Å². The monoisotopic (exact) mass is 297 g/mol. The molecule has 0 heterocycles. The maximum absolute atomic E-state index is 13.5. The Kier molecular flexibility index (Phi) is 4.93. The lowest BCUT2D eigenvalue weighted by atomic mass is 10.0. The molecule has 0 amide bonds. The fourth-order valence-corrected chi connectivity index (χ4v) is 2.67. The first kappa shape index (κ1) is 15.9. The van der Waals surface area contributed by atoms with E-state index in [1.807, 2.05) is 19.1 Å². The summed E-state index contributed by atoms with van der Waals surface area (Å²) in [6.07, 6.45) is 0.693. The van der Waals surface area contributed by atoms with Gasteiger partial charge in [-0.2, -0.15) is 0 Å². The van der Waals surface area contributed by atoms with Gasteiger partial charge in [-0.15, -0.1) is 0 Å². The molecule has 3 nitrogen and oxygen atoms in total. The van der Waals surface area contributed by atoms with Crippen molar-refractivity contribution in [2.45, 2.75) is 51.1 Å². The van der Waals surface area contributed by atoms with E-state index in [4.69, 9.17) is 0 Å². The zero-order valence-electron chi connectivity index (χ0n) is 12.4. The Hall–Kier alpha value is -1.49. The van der Waals surface area contributed by atoms with E-state index in [1.54, 1.807) is 6.07 Å². The summed E-state index contributed by atoms with van der Waals surface area (Å²) in [5.41, 5.74) is 2.45. The van der Waals surface area contributed by atoms with Crippen LogP contribution in [0, 0.1) is 0 Å². The Balaban J connectivity index is 1.90. The molecule has 0 aliphatic heterocycles. The summed E-state index contributed by atoms with van der Waals surface area (Å²) >= 11 is 0. The maximum Gasteiger partial charge on any atom is 0.305 e. The van der Waals surface area contributed by atoms with E-state index in [2.05, 4.69) is 10.1 Å². The van der Waals surface area contributed by atoms with Crippen molar-refractivity contribution in [3.63, 3.8) is 0 Å². The molecule has 0 bridgehead atoms. The van der Waals surface area contributed by atoms with Crippen molar-refractivity contribution < 1.29 is 18.3 Å². The van der Waals surface area contributed by atoms with Gasteiger partial charge in [0.25, 0.3) is 5.92 Å². The molecule has 0 saturated heterocycles. The summed E-state index contributed by atoms with van der Waals surface area (Å²) in [6, 6.07) is 5.62. The van der Waals surface area contributed by atoms with Gasteiger partial charge in [0.2, 0.25) is 0 Å². The highest BCUT2D eigenvalue weighted by atomic mass is 19.3. The van der Waals surface area contributed by atoms with Crippen LogP contribution in [-0.2, 0) is 28.9 Å². The molecule has 5 heteroatoms. The van der Waals surface area contributed by atoms with Gasteiger partial charge in [-0.3, -0.25) is 4.79 Å². The van der Waals surface area contributed by atoms with Gasteiger partial charge >= 0.3 is 5.97 Å². The second-order valence-corrected chi connectivity index (χ2v) is 5.66. The van der Waals surface area contributed by atoms with Crippen molar-refractivity contribution in [2.24, 2.45) is 0 Å². The predicted molar refractivity (Wildman–Crippen MR) is 76.3 cm³/mol. The molecule has 1 aromatic rings. The van der Waals surface area contributed by atoms with E-state index in [0.29, 0.717) is 19.4 Å². The van der Waals surface area contributed by atoms with Crippen LogP contribution in [0.5, 0.6) is 0 Å². The Bertz CT molecular complexity index is 517. The summed E-state index contributed by atoms with van der Waals surface area (Å²) in [4.78, 5) is 11.1. The lowest BCUT2D eigenvalue weighted by molar-refractivity contribution is -0.140. The van der Waals surface area contributed by atoms with Crippen LogP contribution in [0.4, 0.5) is 8.78 Å². The Morgan fingerprint density at radius 3 is 2.90 bits per heavy atom. The van der Waals surface area contributed by atoms with Gasteiger partial charge in [-0.25, -0.2) is 8.78 Å². The van der Waals surface area contributed by atoms with E-state index in [0.717, 1.165) is 16.7 Å². The number of hydrogen-bond donors (Lipinski definition) is 1. The highest BCUT2D eigenvalue weighted by Crippen LogP contribution is 2.36. The predicted octanol–water partition coefficient (Wildman–Crippen LogP) is 2.85.